The summed E-state index contributed by atoms with van der Waals surface area (Å²) >= 11 is 0. The van der Waals surface area contributed by atoms with Crippen LogP contribution in [0.4, 0.5) is 0 Å². The lowest BCUT2D eigenvalue weighted by atomic mass is 10.1. The summed E-state index contributed by atoms with van der Waals surface area (Å²) in [6.07, 6.45) is 6.94. The zero-order valence-electron chi connectivity index (χ0n) is 30.4. The van der Waals surface area contributed by atoms with Gasteiger partial charge >= 0.3 is 0 Å². The Labute approximate surface area is 311 Å². The molecule has 7 rings (SSSR count). The van der Waals surface area contributed by atoms with Crippen LogP contribution in [0.3, 0.4) is 0 Å². The maximum atomic E-state index is 11.9. The van der Waals surface area contributed by atoms with Gasteiger partial charge in [0.25, 0.3) is 0 Å². The Morgan fingerprint density at radius 1 is 0.796 bits per heavy atom. The summed E-state index contributed by atoms with van der Waals surface area (Å²) in [4.78, 5) is 33.3. The molecule has 17 nitrogen and oxygen atoms in total. The Morgan fingerprint density at radius 2 is 1.33 bits per heavy atom. The van der Waals surface area contributed by atoms with Crippen molar-refractivity contribution < 1.29 is 42.7 Å². The molecule has 7 heterocycles. The lowest BCUT2D eigenvalue weighted by Gasteiger charge is -2.17. The monoisotopic (exact) mass is 742 g/mol. The van der Waals surface area contributed by atoms with E-state index < -0.39 is 12.6 Å². The van der Waals surface area contributed by atoms with E-state index in [2.05, 4.69) is 30.0 Å². The number of carbonyl (C=O) groups excluding carboxylic acids is 1. The fourth-order valence-electron chi connectivity index (χ4n) is 5.55. The molecular formula is C37H42N8O9. The average molecular weight is 743 g/mol. The molecule has 0 radical (unpaired) electrons. The van der Waals surface area contributed by atoms with Crippen LogP contribution in [0.15, 0.2) is 67.5 Å². The molecule has 54 heavy (non-hydrogen) atoms. The molecule has 0 atom stereocenters. The Hall–Kier alpha value is -5.59. The Kier molecular flexibility index (Phi) is 13.0. The lowest BCUT2D eigenvalue weighted by Crippen LogP contribution is -2.18. The van der Waals surface area contributed by atoms with Crippen LogP contribution in [0.2, 0.25) is 0 Å². The van der Waals surface area contributed by atoms with E-state index in [0.29, 0.717) is 72.3 Å². The number of ether oxygens (including phenoxy) is 8. The van der Waals surface area contributed by atoms with E-state index in [9.17, 15) is 4.79 Å². The summed E-state index contributed by atoms with van der Waals surface area (Å²) in [6, 6.07) is 11.0. The zero-order valence-corrected chi connectivity index (χ0v) is 30.4. The molecule has 2 saturated heterocycles. The summed E-state index contributed by atoms with van der Waals surface area (Å²) in [5, 5.41) is 4.30. The first kappa shape index (κ1) is 38.1. The highest BCUT2D eigenvalue weighted by atomic mass is 16.7. The molecule has 17 heteroatoms. The molecule has 0 aromatic carbocycles. The number of pyridine rings is 4. The van der Waals surface area contributed by atoms with Crippen molar-refractivity contribution in [1.29, 1.82) is 0 Å². The van der Waals surface area contributed by atoms with Crippen LogP contribution in [0, 0.1) is 0 Å². The van der Waals surface area contributed by atoms with Crippen LogP contribution in [0.5, 0.6) is 23.3 Å². The van der Waals surface area contributed by atoms with Crippen LogP contribution in [0.25, 0.3) is 11.5 Å². The van der Waals surface area contributed by atoms with Gasteiger partial charge in [-0.15, -0.1) is 0 Å². The zero-order chi connectivity index (χ0) is 37.9. The van der Waals surface area contributed by atoms with Crippen molar-refractivity contribution in [3.63, 3.8) is 0 Å². The van der Waals surface area contributed by atoms with Crippen LogP contribution in [-0.2, 0) is 32.2 Å². The molecule has 0 unspecified atom stereocenters. The summed E-state index contributed by atoms with van der Waals surface area (Å²) in [7, 11) is 3.10. The molecule has 2 N–H and O–H groups in total. The maximum absolute atomic E-state index is 11.9. The Balaban J connectivity index is 0.000000186. The van der Waals surface area contributed by atoms with Crippen LogP contribution >= 0.6 is 0 Å². The molecule has 0 amide bonds. The molecular weight excluding hydrogens is 700 g/mol. The van der Waals surface area contributed by atoms with Crippen molar-refractivity contribution in [3.8, 4) is 34.8 Å². The molecule has 5 aromatic heterocycles. The molecule has 5 aromatic rings. The number of methoxy groups -OCH3 is 2. The molecule has 0 saturated carbocycles. The van der Waals surface area contributed by atoms with E-state index in [4.69, 9.17) is 43.6 Å². The first-order valence-corrected chi connectivity index (χ1v) is 17.2. The van der Waals surface area contributed by atoms with E-state index in [0.717, 1.165) is 16.8 Å². The topological polar surface area (TPSA) is 199 Å². The van der Waals surface area contributed by atoms with Crippen molar-refractivity contribution in [2.24, 2.45) is 5.73 Å². The third-order valence-corrected chi connectivity index (χ3v) is 8.19. The molecule has 2 aliphatic rings. The molecule has 0 spiro atoms. The molecule has 0 bridgehead atoms. The smallest absolute Gasteiger partial charge is 0.213 e. The van der Waals surface area contributed by atoms with Crippen LogP contribution < -0.4 is 24.7 Å². The van der Waals surface area contributed by atoms with Gasteiger partial charge in [-0.1, -0.05) is 12.1 Å². The third kappa shape index (κ3) is 9.12. The van der Waals surface area contributed by atoms with Crippen molar-refractivity contribution >= 4 is 5.78 Å². The number of hydrogen-bond acceptors (Lipinski definition) is 16. The first-order chi connectivity index (χ1) is 26.4. The largest absolute Gasteiger partial charge is 0.487 e. The van der Waals surface area contributed by atoms with Gasteiger partial charge in [-0.05, 0) is 26.0 Å². The quantitative estimate of drug-likeness (QED) is 0.159. The summed E-state index contributed by atoms with van der Waals surface area (Å²) < 4.78 is 46.5. The molecule has 284 valence electrons. The van der Waals surface area contributed by atoms with Gasteiger partial charge in [0.05, 0.1) is 70.7 Å². The molecule has 0 aliphatic carbocycles. The van der Waals surface area contributed by atoms with E-state index in [1.165, 1.54) is 13.4 Å². The van der Waals surface area contributed by atoms with Crippen molar-refractivity contribution in [1.82, 2.24) is 34.7 Å². The third-order valence-electron chi connectivity index (χ3n) is 8.19. The number of rotatable bonds is 14. The van der Waals surface area contributed by atoms with Crippen molar-refractivity contribution in [2.45, 2.75) is 45.7 Å². The number of nitrogens with zero attached hydrogens (tertiary/aromatic N) is 7. The number of hydrogen-bond donors (Lipinski definition) is 1. The average Bonchev–Trinajstić information content (AvgIpc) is 4.04. The van der Waals surface area contributed by atoms with Crippen molar-refractivity contribution in [3.05, 3.63) is 95.5 Å². The lowest BCUT2D eigenvalue weighted by molar-refractivity contribution is -0.0463. The highest BCUT2D eigenvalue weighted by Crippen LogP contribution is 2.35. The summed E-state index contributed by atoms with van der Waals surface area (Å²) in [5.74, 6) is 2.42. The Morgan fingerprint density at radius 3 is 1.87 bits per heavy atom. The van der Waals surface area contributed by atoms with E-state index in [1.807, 2.05) is 30.7 Å². The Bertz CT molecular complexity index is 2000. The number of nitrogens with two attached hydrogens (primary N) is 1. The second-order valence-corrected chi connectivity index (χ2v) is 12.0. The molecule has 2 aliphatic heterocycles. The minimum atomic E-state index is -0.536. The van der Waals surface area contributed by atoms with Gasteiger partial charge in [0.15, 0.2) is 24.2 Å². The van der Waals surface area contributed by atoms with Crippen molar-refractivity contribution in [2.75, 3.05) is 47.2 Å². The summed E-state index contributed by atoms with van der Waals surface area (Å²) in [5.41, 5.74) is 9.42. The van der Waals surface area contributed by atoms with Crippen LogP contribution in [-0.4, -0.2) is 87.7 Å². The van der Waals surface area contributed by atoms with Gasteiger partial charge in [-0.3, -0.25) is 14.8 Å². The van der Waals surface area contributed by atoms with Crippen LogP contribution in [0.1, 0.15) is 65.2 Å². The van der Waals surface area contributed by atoms with Gasteiger partial charge < -0.3 is 43.6 Å². The standard InChI is InChI=1S/C20H23N5O4.C17H19N3O5/c1-13(2)25-19(23-12-24-25)18-14(5-4-6-21-18)11-29-16-10-22-17(26-3)9-15(16)20-27-7-8-28-20;1-22-15-7-12(17-23-5-6-24-17)14(9-20-15)25-10-11-3-2-4-19-16(11)13(21)8-18/h4-6,9-10,12-13,20H,7-8,11H2,1-3H3;2-4,7,9,17H,5-6,8,10,18H2,1H3. The normalized spacial score (nSPS) is 14.5. The van der Waals surface area contributed by atoms with Gasteiger partial charge in [-0.2, -0.15) is 5.10 Å². The van der Waals surface area contributed by atoms with E-state index in [-0.39, 0.29) is 31.6 Å². The fraction of sp³-hybridized carbons (Fsp3) is 0.378. The van der Waals surface area contributed by atoms with Gasteiger partial charge in [0.1, 0.15) is 42.4 Å². The predicted octanol–water partition coefficient (Wildman–Crippen LogP) is 4.20. The number of carbonyl (C=O) groups is 1. The fourth-order valence-corrected chi connectivity index (χ4v) is 5.55. The number of Topliss-reactive ketones (excluding diaryl/α,β-unsaturated/α-hetero) is 1. The number of aromatic nitrogens is 7. The second-order valence-electron chi connectivity index (χ2n) is 12.0. The molecule has 2 fully saturated rings. The second kappa shape index (κ2) is 18.4. The summed E-state index contributed by atoms with van der Waals surface area (Å²) in [6.45, 7) is 6.49. The van der Waals surface area contributed by atoms with Gasteiger partial charge in [-0.25, -0.2) is 19.6 Å². The van der Waals surface area contributed by atoms with E-state index in [1.54, 1.807) is 56.2 Å². The SMILES string of the molecule is COc1cc(C2OCCO2)c(OCc2cccnc2-c2ncnn2C(C)C)cn1.COc1cc(C2OCCO2)c(OCc2cccnc2C(=O)CN)cn1. The minimum Gasteiger partial charge on any atom is -0.487 e. The highest BCUT2D eigenvalue weighted by Gasteiger charge is 2.26. The maximum Gasteiger partial charge on any atom is 0.213 e. The first-order valence-electron chi connectivity index (χ1n) is 17.2. The number of ketones is 1. The highest BCUT2D eigenvalue weighted by molar-refractivity contribution is 5.96. The predicted molar refractivity (Wildman–Crippen MR) is 191 cm³/mol. The van der Waals surface area contributed by atoms with Gasteiger partial charge in [0.2, 0.25) is 11.8 Å². The van der Waals surface area contributed by atoms with E-state index >= 15 is 0 Å². The van der Waals surface area contributed by atoms with Gasteiger partial charge in [0, 0.05) is 41.7 Å². The minimum absolute atomic E-state index is 0.108.